The van der Waals surface area contributed by atoms with Crippen molar-refractivity contribution in [3.63, 3.8) is 0 Å². The van der Waals surface area contributed by atoms with Gasteiger partial charge in [0, 0.05) is 17.4 Å². The van der Waals surface area contributed by atoms with Crippen LogP contribution in [-0.2, 0) is 9.59 Å². The molecule has 3 rings (SSSR count). The maximum absolute atomic E-state index is 12.5. The van der Waals surface area contributed by atoms with Gasteiger partial charge >= 0.3 is 5.97 Å². The first-order valence-electron chi connectivity index (χ1n) is 6.43. The Morgan fingerprint density at radius 1 is 1.17 bits per heavy atom. The third-order valence-electron chi connectivity index (χ3n) is 3.88. The third-order valence-corrected chi connectivity index (χ3v) is 6.50. The van der Waals surface area contributed by atoms with E-state index < -0.39 is 12.0 Å². The van der Waals surface area contributed by atoms with Crippen molar-refractivity contribution >= 4 is 35.4 Å². The summed E-state index contributed by atoms with van der Waals surface area (Å²) in [5.74, 6) is 2.29. The zero-order valence-electron chi connectivity index (χ0n) is 10.1. The lowest BCUT2D eigenvalue weighted by Crippen LogP contribution is -2.48. The number of carbonyl (C=O) groups excluding carboxylic acids is 1. The van der Waals surface area contributed by atoms with E-state index in [1.807, 2.05) is 0 Å². The summed E-state index contributed by atoms with van der Waals surface area (Å²) in [4.78, 5) is 25.6. The van der Waals surface area contributed by atoms with Gasteiger partial charge in [-0.2, -0.15) is 11.8 Å². The molecule has 0 radical (unpaired) electrons. The van der Waals surface area contributed by atoms with Crippen LogP contribution in [0.25, 0.3) is 0 Å². The Morgan fingerprint density at radius 3 is 2.50 bits per heavy atom. The molecule has 1 amide bonds. The number of amides is 1. The van der Waals surface area contributed by atoms with E-state index in [1.165, 1.54) is 0 Å². The number of hydrogen-bond donors (Lipinski definition) is 1. The van der Waals surface area contributed by atoms with Crippen LogP contribution >= 0.6 is 23.5 Å². The number of nitrogens with zero attached hydrogens (tertiary/aromatic N) is 1. The highest BCUT2D eigenvalue weighted by atomic mass is 32.2. The molecule has 3 unspecified atom stereocenters. The Bertz CT molecular complexity index is 366. The molecule has 18 heavy (non-hydrogen) atoms. The van der Waals surface area contributed by atoms with E-state index in [9.17, 15) is 14.7 Å². The molecule has 2 aliphatic heterocycles. The molecule has 3 aliphatic rings. The second kappa shape index (κ2) is 4.96. The number of aliphatic carboxylic acids is 1. The van der Waals surface area contributed by atoms with Crippen LogP contribution in [0.4, 0.5) is 0 Å². The van der Waals surface area contributed by atoms with Crippen molar-refractivity contribution in [3.05, 3.63) is 0 Å². The summed E-state index contributed by atoms with van der Waals surface area (Å²) in [5, 5.41) is 9.41. The molecule has 3 fully saturated rings. The van der Waals surface area contributed by atoms with Crippen molar-refractivity contribution in [2.75, 3.05) is 17.3 Å². The highest BCUT2D eigenvalue weighted by Crippen LogP contribution is 2.46. The summed E-state index contributed by atoms with van der Waals surface area (Å²) in [5.41, 5.74) is 0. The molecule has 1 saturated carbocycles. The third kappa shape index (κ3) is 2.25. The maximum Gasteiger partial charge on any atom is 0.327 e. The first kappa shape index (κ1) is 12.7. The molecule has 6 heteroatoms. The van der Waals surface area contributed by atoms with Crippen LogP contribution < -0.4 is 0 Å². The lowest BCUT2D eigenvalue weighted by Gasteiger charge is -2.29. The Balaban J connectivity index is 1.78. The van der Waals surface area contributed by atoms with Gasteiger partial charge in [-0.15, -0.1) is 11.8 Å². The molecule has 0 spiro atoms. The lowest BCUT2D eigenvalue weighted by molar-refractivity contribution is -0.150. The minimum Gasteiger partial charge on any atom is -0.480 e. The van der Waals surface area contributed by atoms with E-state index in [1.54, 1.807) is 28.4 Å². The van der Waals surface area contributed by atoms with Gasteiger partial charge < -0.3 is 10.0 Å². The summed E-state index contributed by atoms with van der Waals surface area (Å²) in [6, 6.07) is -0.598. The predicted octanol–water partition coefficient (Wildman–Crippen LogP) is 1.50. The molecule has 1 N–H and O–H groups in total. The Labute approximate surface area is 115 Å². The monoisotopic (exact) mass is 287 g/mol. The van der Waals surface area contributed by atoms with E-state index in [0.29, 0.717) is 11.7 Å². The van der Waals surface area contributed by atoms with Gasteiger partial charge in [0.25, 0.3) is 0 Å². The highest BCUT2D eigenvalue weighted by Gasteiger charge is 2.49. The number of hydrogen-bond acceptors (Lipinski definition) is 4. The number of rotatable bonds is 3. The molecule has 0 aromatic heterocycles. The second-order valence-corrected chi connectivity index (χ2v) is 7.52. The molecule has 1 aliphatic carbocycles. The summed E-state index contributed by atoms with van der Waals surface area (Å²) in [6.07, 6.45) is 3.20. The first-order chi connectivity index (χ1) is 8.68. The van der Waals surface area contributed by atoms with Crippen LogP contribution in [-0.4, -0.2) is 50.6 Å². The maximum atomic E-state index is 12.5. The standard InChI is InChI=1S/C12H17NO3S2/c14-10(8-3-4-17-5-8)13-9(12(15)16)6-18-11(13)7-1-2-7/h7-9,11H,1-6H2,(H,15,16). The van der Waals surface area contributed by atoms with Gasteiger partial charge in [0.1, 0.15) is 6.04 Å². The minimum absolute atomic E-state index is 0.0526. The van der Waals surface area contributed by atoms with Crippen molar-refractivity contribution in [3.8, 4) is 0 Å². The molecule has 4 nitrogen and oxygen atoms in total. The smallest absolute Gasteiger partial charge is 0.327 e. The minimum atomic E-state index is -0.843. The molecule has 100 valence electrons. The molecular formula is C12H17NO3S2. The number of carboxylic acid groups (broad SMARTS) is 1. The van der Waals surface area contributed by atoms with Gasteiger partial charge in [-0.25, -0.2) is 4.79 Å². The lowest BCUT2D eigenvalue weighted by atomic mass is 10.1. The van der Waals surface area contributed by atoms with Gasteiger partial charge in [0.15, 0.2) is 0 Å². The van der Waals surface area contributed by atoms with Crippen molar-refractivity contribution in [1.29, 1.82) is 0 Å². The van der Waals surface area contributed by atoms with Gasteiger partial charge in [-0.05, 0) is 30.9 Å². The van der Waals surface area contributed by atoms with Crippen molar-refractivity contribution in [2.24, 2.45) is 11.8 Å². The molecule has 0 aromatic carbocycles. The average molecular weight is 287 g/mol. The zero-order chi connectivity index (χ0) is 12.7. The number of carboxylic acids is 1. The van der Waals surface area contributed by atoms with Crippen LogP contribution in [0.1, 0.15) is 19.3 Å². The normalized spacial score (nSPS) is 36.0. The van der Waals surface area contributed by atoms with E-state index in [-0.39, 0.29) is 17.2 Å². The van der Waals surface area contributed by atoms with Crippen LogP contribution in [0.15, 0.2) is 0 Å². The van der Waals surface area contributed by atoms with E-state index in [4.69, 9.17) is 0 Å². The quantitative estimate of drug-likeness (QED) is 0.852. The Morgan fingerprint density at radius 2 is 1.94 bits per heavy atom. The van der Waals surface area contributed by atoms with Crippen molar-refractivity contribution < 1.29 is 14.7 Å². The fourth-order valence-electron chi connectivity index (χ4n) is 2.68. The van der Waals surface area contributed by atoms with Crippen LogP contribution in [0, 0.1) is 11.8 Å². The molecule has 0 aromatic rings. The van der Waals surface area contributed by atoms with Crippen molar-refractivity contribution in [2.45, 2.75) is 30.7 Å². The molecule has 2 saturated heterocycles. The van der Waals surface area contributed by atoms with E-state index in [2.05, 4.69) is 0 Å². The topological polar surface area (TPSA) is 57.6 Å². The van der Waals surface area contributed by atoms with Gasteiger partial charge in [-0.3, -0.25) is 4.79 Å². The van der Waals surface area contributed by atoms with E-state index >= 15 is 0 Å². The zero-order valence-corrected chi connectivity index (χ0v) is 11.7. The molecule has 3 atom stereocenters. The largest absolute Gasteiger partial charge is 0.480 e. The summed E-state index contributed by atoms with van der Waals surface area (Å²) < 4.78 is 0. The highest BCUT2D eigenvalue weighted by molar-refractivity contribution is 8.00. The van der Waals surface area contributed by atoms with Crippen LogP contribution in [0.2, 0.25) is 0 Å². The summed E-state index contributed by atoms with van der Waals surface area (Å²) in [7, 11) is 0. The Hall–Kier alpha value is -0.360. The fourth-order valence-corrected chi connectivity index (χ4v) is 5.53. The van der Waals surface area contributed by atoms with Crippen LogP contribution in [0.3, 0.4) is 0 Å². The first-order valence-corrected chi connectivity index (χ1v) is 8.63. The van der Waals surface area contributed by atoms with Crippen molar-refractivity contribution in [1.82, 2.24) is 4.90 Å². The Kier molecular flexibility index (Phi) is 3.49. The molecule has 0 bridgehead atoms. The van der Waals surface area contributed by atoms with Crippen LogP contribution in [0.5, 0.6) is 0 Å². The van der Waals surface area contributed by atoms with E-state index in [0.717, 1.165) is 30.8 Å². The average Bonchev–Trinajstić information content (AvgIpc) is 2.91. The number of carbonyl (C=O) groups is 2. The molecule has 2 heterocycles. The SMILES string of the molecule is O=C(O)C1CSC(C2CC2)N1C(=O)C1CCSC1. The summed E-state index contributed by atoms with van der Waals surface area (Å²) in [6.45, 7) is 0. The summed E-state index contributed by atoms with van der Waals surface area (Å²) >= 11 is 3.46. The van der Waals surface area contributed by atoms with Gasteiger partial charge in [0.2, 0.25) is 5.91 Å². The fraction of sp³-hybridized carbons (Fsp3) is 0.833. The molecular weight excluding hydrogens is 270 g/mol. The predicted molar refractivity (Wildman–Crippen MR) is 72.7 cm³/mol. The number of thioether (sulfide) groups is 2. The van der Waals surface area contributed by atoms with Gasteiger partial charge in [-0.1, -0.05) is 0 Å². The second-order valence-electron chi connectivity index (χ2n) is 5.22. The van der Waals surface area contributed by atoms with Gasteiger partial charge in [0.05, 0.1) is 5.37 Å².